The van der Waals surface area contributed by atoms with E-state index in [0.717, 1.165) is 19.5 Å². The van der Waals surface area contributed by atoms with Crippen LogP contribution in [0, 0.1) is 0 Å². The molecule has 3 rings (SSSR count). The van der Waals surface area contributed by atoms with Gasteiger partial charge in [0, 0.05) is 25.7 Å². The molecule has 1 amide bonds. The molecule has 2 aromatic rings. The van der Waals surface area contributed by atoms with E-state index < -0.39 is 0 Å². The van der Waals surface area contributed by atoms with Crippen LogP contribution in [0.15, 0.2) is 42.5 Å². The number of hydrogen-bond donors (Lipinski definition) is 1. The third-order valence-corrected chi connectivity index (χ3v) is 4.99. The fraction of sp³-hybridized carbons (Fsp3) is 0.381. The molecule has 0 aliphatic carbocycles. The van der Waals surface area contributed by atoms with Crippen LogP contribution in [0.25, 0.3) is 0 Å². The normalized spacial score (nSPS) is 15.0. The molecule has 26 heavy (non-hydrogen) atoms. The Bertz CT molecular complexity index is 776. The molecule has 1 heterocycles. The maximum absolute atomic E-state index is 12.6. The first-order chi connectivity index (χ1) is 12.6. The smallest absolute Gasteiger partial charge is 0.255 e. The maximum atomic E-state index is 12.6. The Labute approximate surface area is 154 Å². The van der Waals surface area contributed by atoms with Crippen LogP contribution in [0.5, 0.6) is 11.5 Å². The van der Waals surface area contributed by atoms with Gasteiger partial charge in [-0.15, -0.1) is 0 Å². The van der Waals surface area contributed by atoms with Gasteiger partial charge in [0.05, 0.1) is 19.8 Å². The molecule has 0 bridgehead atoms. The van der Waals surface area contributed by atoms with Crippen LogP contribution in [0.3, 0.4) is 0 Å². The molecule has 1 unspecified atom stereocenters. The van der Waals surface area contributed by atoms with E-state index in [2.05, 4.69) is 41.4 Å². The first kappa shape index (κ1) is 18.3. The summed E-state index contributed by atoms with van der Waals surface area (Å²) >= 11 is 0. The molecule has 1 atom stereocenters. The van der Waals surface area contributed by atoms with Crippen molar-refractivity contribution >= 4 is 5.91 Å². The SMILES string of the molecule is COc1ccc(OC)c(C(=O)NCC(C)N2CCc3ccccc3C2)c1. The van der Waals surface area contributed by atoms with Crippen molar-refractivity contribution in [3.8, 4) is 11.5 Å². The summed E-state index contributed by atoms with van der Waals surface area (Å²) in [5, 5.41) is 3.03. The molecule has 1 N–H and O–H groups in total. The summed E-state index contributed by atoms with van der Waals surface area (Å²) in [7, 11) is 3.14. The van der Waals surface area contributed by atoms with E-state index in [1.165, 1.54) is 11.1 Å². The molecule has 0 saturated heterocycles. The quantitative estimate of drug-likeness (QED) is 0.867. The number of rotatable bonds is 6. The van der Waals surface area contributed by atoms with Crippen LogP contribution >= 0.6 is 0 Å². The number of nitrogens with one attached hydrogen (secondary N) is 1. The third kappa shape index (κ3) is 3.99. The van der Waals surface area contributed by atoms with Crippen molar-refractivity contribution in [3.05, 3.63) is 59.2 Å². The Hall–Kier alpha value is -2.53. The van der Waals surface area contributed by atoms with E-state index in [0.29, 0.717) is 23.6 Å². The average molecular weight is 354 g/mol. The Balaban J connectivity index is 1.61. The Morgan fingerprint density at radius 2 is 1.92 bits per heavy atom. The predicted octanol–water partition coefficient (Wildman–Crippen LogP) is 2.88. The van der Waals surface area contributed by atoms with Crippen molar-refractivity contribution < 1.29 is 14.3 Å². The Morgan fingerprint density at radius 1 is 1.15 bits per heavy atom. The van der Waals surface area contributed by atoms with E-state index in [4.69, 9.17) is 9.47 Å². The molecule has 0 aromatic heterocycles. The molecule has 5 heteroatoms. The van der Waals surface area contributed by atoms with Gasteiger partial charge in [0.2, 0.25) is 0 Å². The first-order valence-corrected chi connectivity index (χ1v) is 8.93. The van der Waals surface area contributed by atoms with Crippen molar-refractivity contribution in [3.63, 3.8) is 0 Å². The number of hydrogen-bond acceptors (Lipinski definition) is 4. The fourth-order valence-corrected chi connectivity index (χ4v) is 3.35. The van der Waals surface area contributed by atoms with E-state index >= 15 is 0 Å². The van der Waals surface area contributed by atoms with E-state index in [9.17, 15) is 4.79 Å². The molecule has 1 aliphatic heterocycles. The molecule has 5 nitrogen and oxygen atoms in total. The topological polar surface area (TPSA) is 50.8 Å². The van der Waals surface area contributed by atoms with Crippen LogP contribution in [0.4, 0.5) is 0 Å². The molecule has 2 aromatic carbocycles. The van der Waals surface area contributed by atoms with Gasteiger partial charge in [-0.1, -0.05) is 24.3 Å². The van der Waals surface area contributed by atoms with Crippen LogP contribution in [0.2, 0.25) is 0 Å². The van der Waals surface area contributed by atoms with Gasteiger partial charge in [-0.3, -0.25) is 9.69 Å². The summed E-state index contributed by atoms with van der Waals surface area (Å²) in [6.45, 7) is 4.67. The molecule has 1 aliphatic rings. The second-order valence-corrected chi connectivity index (χ2v) is 6.61. The Kier molecular flexibility index (Phi) is 5.78. The van der Waals surface area contributed by atoms with Crippen molar-refractivity contribution in [2.24, 2.45) is 0 Å². The minimum atomic E-state index is -0.148. The van der Waals surface area contributed by atoms with Crippen LogP contribution in [-0.4, -0.2) is 44.2 Å². The first-order valence-electron chi connectivity index (χ1n) is 8.93. The molecule has 0 fully saturated rings. The van der Waals surface area contributed by atoms with Crippen molar-refractivity contribution in [2.45, 2.75) is 25.9 Å². The van der Waals surface area contributed by atoms with Crippen molar-refractivity contribution in [2.75, 3.05) is 27.3 Å². The molecular weight excluding hydrogens is 328 g/mol. The number of nitrogens with zero attached hydrogens (tertiary/aromatic N) is 1. The summed E-state index contributed by atoms with van der Waals surface area (Å²) < 4.78 is 10.5. The number of fused-ring (bicyclic) bond motifs is 1. The predicted molar refractivity (Wildman–Crippen MR) is 102 cm³/mol. The van der Waals surface area contributed by atoms with Crippen LogP contribution in [0.1, 0.15) is 28.4 Å². The largest absolute Gasteiger partial charge is 0.497 e. The summed E-state index contributed by atoms with van der Waals surface area (Å²) in [5.74, 6) is 1.03. The Morgan fingerprint density at radius 3 is 2.65 bits per heavy atom. The van der Waals surface area contributed by atoms with Gasteiger partial charge in [0.25, 0.3) is 5.91 Å². The van der Waals surface area contributed by atoms with E-state index in [1.807, 2.05) is 0 Å². The van der Waals surface area contributed by atoms with Crippen LogP contribution < -0.4 is 14.8 Å². The van der Waals surface area contributed by atoms with E-state index in [1.54, 1.807) is 32.4 Å². The van der Waals surface area contributed by atoms with Gasteiger partial charge < -0.3 is 14.8 Å². The number of carbonyl (C=O) groups excluding carboxylic acids is 1. The van der Waals surface area contributed by atoms with Gasteiger partial charge >= 0.3 is 0 Å². The zero-order chi connectivity index (χ0) is 18.5. The van der Waals surface area contributed by atoms with Gasteiger partial charge in [0.1, 0.15) is 11.5 Å². The van der Waals surface area contributed by atoms with Gasteiger partial charge in [-0.2, -0.15) is 0 Å². The molecule has 0 radical (unpaired) electrons. The van der Waals surface area contributed by atoms with Crippen molar-refractivity contribution in [1.29, 1.82) is 0 Å². The lowest BCUT2D eigenvalue weighted by atomic mass is 9.99. The minimum absolute atomic E-state index is 0.148. The van der Waals surface area contributed by atoms with Gasteiger partial charge in [-0.05, 0) is 42.7 Å². The number of carbonyl (C=O) groups is 1. The zero-order valence-corrected chi connectivity index (χ0v) is 15.6. The fourth-order valence-electron chi connectivity index (χ4n) is 3.35. The highest BCUT2D eigenvalue weighted by molar-refractivity contribution is 5.97. The molecule has 138 valence electrons. The zero-order valence-electron chi connectivity index (χ0n) is 15.6. The monoisotopic (exact) mass is 354 g/mol. The molecule has 0 saturated carbocycles. The summed E-state index contributed by atoms with van der Waals surface area (Å²) in [6, 6.07) is 14.1. The summed E-state index contributed by atoms with van der Waals surface area (Å²) in [6.07, 6.45) is 1.05. The highest BCUT2D eigenvalue weighted by Crippen LogP contribution is 2.24. The van der Waals surface area contributed by atoms with E-state index in [-0.39, 0.29) is 11.9 Å². The lowest BCUT2D eigenvalue weighted by molar-refractivity contribution is 0.0929. The summed E-state index contributed by atoms with van der Waals surface area (Å²) in [4.78, 5) is 15.0. The van der Waals surface area contributed by atoms with Gasteiger partial charge in [0.15, 0.2) is 0 Å². The summed E-state index contributed by atoms with van der Waals surface area (Å²) in [5.41, 5.74) is 3.30. The molecular formula is C21H26N2O3. The number of amides is 1. The lowest BCUT2D eigenvalue weighted by Gasteiger charge is -2.33. The van der Waals surface area contributed by atoms with Gasteiger partial charge in [-0.25, -0.2) is 0 Å². The second kappa shape index (κ2) is 8.23. The highest BCUT2D eigenvalue weighted by Gasteiger charge is 2.21. The minimum Gasteiger partial charge on any atom is -0.497 e. The number of ether oxygens (including phenoxy) is 2. The second-order valence-electron chi connectivity index (χ2n) is 6.61. The average Bonchev–Trinajstić information content (AvgIpc) is 2.70. The lowest BCUT2D eigenvalue weighted by Crippen LogP contribution is -2.44. The van der Waals surface area contributed by atoms with Crippen molar-refractivity contribution in [1.82, 2.24) is 10.2 Å². The number of methoxy groups -OCH3 is 2. The maximum Gasteiger partial charge on any atom is 0.255 e. The van der Waals surface area contributed by atoms with Crippen LogP contribution in [-0.2, 0) is 13.0 Å². The number of benzene rings is 2. The third-order valence-electron chi connectivity index (χ3n) is 4.99. The standard InChI is InChI=1S/C21H26N2O3/c1-15(23-11-10-16-6-4-5-7-17(16)14-23)13-22-21(24)19-12-18(25-2)8-9-20(19)26-3/h4-9,12,15H,10-11,13-14H2,1-3H3,(H,22,24). The highest BCUT2D eigenvalue weighted by atomic mass is 16.5. The molecule has 0 spiro atoms.